The Morgan fingerprint density at radius 1 is 1.37 bits per heavy atom. The molecule has 0 aliphatic carbocycles. The normalized spacial score (nSPS) is 17.2. The molecule has 0 radical (unpaired) electrons. The van der Waals surface area contributed by atoms with Gasteiger partial charge in [0.25, 0.3) is 5.56 Å². The molecule has 8 nitrogen and oxygen atoms in total. The van der Waals surface area contributed by atoms with Crippen LogP contribution < -0.4 is 10.5 Å². The van der Waals surface area contributed by atoms with Gasteiger partial charge in [-0.1, -0.05) is 6.92 Å². The number of nitrogens with zero attached hydrogens (tertiary/aromatic N) is 5. The first-order valence-corrected chi connectivity index (χ1v) is 9.12. The molecular weight excluding hydrogens is 344 g/mol. The summed E-state index contributed by atoms with van der Waals surface area (Å²) < 4.78 is 7.74. The molecule has 3 aromatic rings. The third-order valence-corrected chi connectivity index (χ3v) is 4.59. The van der Waals surface area contributed by atoms with Crippen molar-refractivity contribution in [1.82, 2.24) is 24.7 Å². The average molecular weight is 366 g/mol. The lowest BCUT2D eigenvalue weighted by Crippen LogP contribution is -2.44. The number of aryl methyl sites for hydroxylation is 1. The Morgan fingerprint density at radius 2 is 2.30 bits per heavy atom. The molecule has 1 fully saturated rings. The largest absolute Gasteiger partial charge is 0.373 e. The summed E-state index contributed by atoms with van der Waals surface area (Å²) in [6.45, 7) is 4.90. The van der Waals surface area contributed by atoms with Gasteiger partial charge in [0.05, 0.1) is 19.3 Å². The smallest absolute Gasteiger partial charge is 0.251 e. The number of nitrogens with one attached hydrogen (secondary N) is 1. The van der Waals surface area contributed by atoms with Crippen molar-refractivity contribution < 1.29 is 4.74 Å². The van der Waals surface area contributed by atoms with Crippen molar-refractivity contribution in [3.63, 3.8) is 0 Å². The fourth-order valence-electron chi connectivity index (χ4n) is 3.19. The van der Waals surface area contributed by atoms with Crippen LogP contribution in [0.4, 0.5) is 5.82 Å². The fraction of sp³-hybridized carbons (Fsp3) is 0.368. The van der Waals surface area contributed by atoms with Gasteiger partial charge in [-0.05, 0) is 24.6 Å². The lowest BCUT2D eigenvalue weighted by Gasteiger charge is -2.33. The van der Waals surface area contributed by atoms with Gasteiger partial charge in [0.2, 0.25) is 0 Å². The molecule has 1 aliphatic rings. The molecule has 27 heavy (non-hydrogen) atoms. The maximum Gasteiger partial charge on any atom is 0.251 e. The standard InChI is InChI=1S/C19H22N6O2/c1-2-15-10-18(26)23-19(22-15)14-4-5-17(20-11-14)24-8-9-27-16(12-24)13-25-7-3-6-21-25/h3-7,10-11,16H,2,8-9,12-13H2,1H3,(H,22,23,26). The zero-order chi connectivity index (χ0) is 18.6. The topological polar surface area (TPSA) is 88.9 Å². The summed E-state index contributed by atoms with van der Waals surface area (Å²) in [7, 11) is 0. The van der Waals surface area contributed by atoms with Crippen LogP contribution in [0.5, 0.6) is 0 Å². The van der Waals surface area contributed by atoms with Crippen LogP contribution >= 0.6 is 0 Å². The van der Waals surface area contributed by atoms with Gasteiger partial charge in [0.15, 0.2) is 0 Å². The van der Waals surface area contributed by atoms with E-state index in [0.29, 0.717) is 18.9 Å². The van der Waals surface area contributed by atoms with Crippen molar-refractivity contribution in [2.45, 2.75) is 26.0 Å². The zero-order valence-corrected chi connectivity index (χ0v) is 15.2. The summed E-state index contributed by atoms with van der Waals surface area (Å²) in [5, 5.41) is 4.24. The van der Waals surface area contributed by atoms with E-state index >= 15 is 0 Å². The quantitative estimate of drug-likeness (QED) is 0.736. The Kier molecular flexibility index (Phi) is 4.97. The van der Waals surface area contributed by atoms with Crippen LogP contribution in [0.1, 0.15) is 12.6 Å². The molecule has 3 aromatic heterocycles. The minimum Gasteiger partial charge on any atom is -0.373 e. The van der Waals surface area contributed by atoms with E-state index in [2.05, 4.69) is 25.0 Å². The average Bonchev–Trinajstić information content (AvgIpc) is 3.21. The summed E-state index contributed by atoms with van der Waals surface area (Å²) in [4.78, 5) is 25.8. The highest BCUT2D eigenvalue weighted by atomic mass is 16.5. The van der Waals surface area contributed by atoms with Crippen LogP contribution in [0.2, 0.25) is 0 Å². The molecule has 8 heteroatoms. The van der Waals surface area contributed by atoms with Crippen LogP contribution in [-0.4, -0.2) is 50.5 Å². The minimum absolute atomic E-state index is 0.0689. The zero-order valence-electron chi connectivity index (χ0n) is 15.2. The van der Waals surface area contributed by atoms with Gasteiger partial charge < -0.3 is 14.6 Å². The highest BCUT2D eigenvalue weighted by Gasteiger charge is 2.22. The number of hydrogen-bond acceptors (Lipinski definition) is 6. The lowest BCUT2D eigenvalue weighted by molar-refractivity contribution is 0.0272. The van der Waals surface area contributed by atoms with Crippen LogP contribution in [0, 0.1) is 0 Å². The number of aromatic nitrogens is 5. The van der Waals surface area contributed by atoms with E-state index in [9.17, 15) is 4.79 Å². The second-order valence-corrected chi connectivity index (χ2v) is 6.51. The van der Waals surface area contributed by atoms with Gasteiger partial charge in [-0.15, -0.1) is 0 Å². The van der Waals surface area contributed by atoms with Gasteiger partial charge in [-0.3, -0.25) is 9.48 Å². The maximum atomic E-state index is 11.8. The van der Waals surface area contributed by atoms with Gasteiger partial charge in [0, 0.05) is 49.0 Å². The molecule has 1 atom stereocenters. The molecule has 140 valence electrons. The van der Waals surface area contributed by atoms with Crippen molar-refractivity contribution in [1.29, 1.82) is 0 Å². The van der Waals surface area contributed by atoms with Crippen molar-refractivity contribution in [2.24, 2.45) is 0 Å². The van der Waals surface area contributed by atoms with E-state index in [-0.39, 0.29) is 11.7 Å². The molecule has 1 N–H and O–H groups in total. The van der Waals surface area contributed by atoms with Gasteiger partial charge in [-0.25, -0.2) is 9.97 Å². The molecule has 1 unspecified atom stereocenters. The fourth-order valence-corrected chi connectivity index (χ4v) is 3.19. The second-order valence-electron chi connectivity index (χ2n) is 6.51. The van der Waals surface area contributed by atoms with E-state index < -0.39 is 0 Å². The Hall–Kier alpha value is -3.00. The maximum absolute atomic E-state index is 11.8. The monoisotopic (exact) mass is 366 g/mol. The molecule has 0 bridgehead atoms. The summed E-state index contributed by atoms with van der Waals surface area (Å²) in [6.07, 6.45) is 6.25. The number of pyridine rings is 1. The van der Waals surface area contributed by atoms with Crippen LogP contribution in [0.15, 0.2) is 47.7 Å². The van der Waals surface area contributed by atoms with Crippen molar-refractivity contribution in [2.75, 3.05) is 24.6 Å². The third kappa shape index (κ3) is 4.06. The lowest BCUT2D eigenvalue weighted by atomic mass is 10.2. The summed E-state index contributed by atoms with van der Waals surface area (Å²) in [5.41, 5.74) is 1.43. The second kappa shape index (κ2) is 7.71. The van der Waals surface area contributed by atoms with Crippen molar-refractivity contribution in [3.8, 4) is 11.4 Å². The highest BCUT2D eigenvalue weighted by Crippen LogP contribution is 2.20. The summed E-state index contributed by atoms with van der Waals surface area (Å²) >= 11 is 0. The number of H-pyrrole nitrogens is 1. The van der Waals surface area contributed by atoms with E-state index in [0.717, 1.165) is 36.7 Å². The predicted octanol–water partition coefficient (Wildman–Crippen LogP) is 1.50. The third-order valence-electron chi connectivity index (χ3n) is 4.59. The van der Waals surface area contributed by atoms with Crippen molar-refractivity contribution >= 4 is 5.82 Å². The Balaban J connectivity index is 1.48. The van der Waals surface area contributed by atoms with Crippen LogP contribution in [0.3, 0.4) is 0 Å². The predicted molar refractivity (Wildman–Crippen MR) is 102 cm³/mol. The van der Waals surface area contributed by atoms with Crippen LogP contribution in [-0.2, 0) is 17.7 Å². The molecule has 1 saturated heterocycles. The first kappa shape index (κ1) is 17.4. The molecule has 0 spiro atoms. The minimum atomic E-state index is -0.143. The Morgan fingerprint density at radius 3 is 3.04 bits per heavy atom. The Bertz CT molecular complexity index is 936. The molecule has 1 aliphatic heterocycles. The number of rotatable bonds is 5. The van der Waals surface area contributed by atoms with Gasteiger partial charge >= 0.3 is 0 Å². The number of morpholine rings is 1. The Labute approximate surface area is 156 Å². The van der Waals surface area contributed by atoms with E-state index in [1.165, 1.54) is 6.07 Å². The molecular formula is C19H22N6O2. The first-order valence-electron chi connectivity index (χ1n) is 9.12. The molecule has 0 aromatic carbocycles. The van der Waals surface area contributed by atoms with E-state index in [1.54, 1.807) is 12.4 Å². The highest BCUT2D eigenvalue weighted by molar-refractivity contribution is 5.56. The first-order chi connectivity index (χ1) is 13.2. The molecule has 0 saturated carbocycles. The number of ether oxygens (including phenoxy) is 1. The van der Waals surface area contributed by atoms with E-state index in [4.69, 9.17) is 4.74 Å². The van der Waals surface area contributed by atoms with Crippen LogP contribution in [0.25, 0.3) is 11.4 Å². The summed E-state index contributed by atoms with van der Waals surface area (Å²) in [6, 6.07) is 7.34. The molecule has 0 amide bonds. The number of aromatic amines is 1. The SMILES string of the molecule is CCc1cc(=O)[nH]c(-c2ccc(N3CCOC(Cn4cccn4)C3)nc2)n1. The number of anilines is 1. The van der Waals surface area contributed by atoms with Gasteiger partial charge in [-0.2, -0.15) is 5.10 Å². The number of hydrogen-bond donors (Lipinski definition) is 1. The summed E-state index contributed by atoms with van der Waals surface area (Å²) in [5.74, 6) is 1.44. The molecule has 4 rings (SSSR count). The van der Waals surface area contributed by atoms with Gasteiger partial charge in [0.1, 0.15) is 11.6 Å². The molecule has 4 heterocycles. The van der Waals surface area contributed by atoms with Crippen molar-refractivity contribution in [3.05, 3.63) is 58.9 Å². The van der Waals surface area contributed by atoms with E-state index in [1.807, 2.05) is 36.0 Å².